The van der Waals surface area contributed by atoms with Crippen LogP contribution >= 0.6 is 0 Å². The molecule has 0 aliphatic rings. The zero-order chi connectivity index (χ0) is 16.9. The Kier molecular flexibility index (Phi) is 5.39. The molecule has 122 valence electrons. The Balaban J connectivity index is 2.23. The maximum absolute atomic E-state index is 14.1. The van der Waals surface area contributed by atoms with Crippen LogP contribution in [0.4, 0.5) is 4.39 Å². The van der Waals surface area contributed by atoms with Gasteiger partial charge in [-0.05, 0) is 42.3 Å². The van der Waals surface area contributed by atoms with Crippen LogP contribution in [0.2, 0.25) is 0 Å². The molecule has 0 bridgehead atoms. The van der Waals surface area contributed by atoms with Crippen LogP contribution in [-0.4, -0.2) is 22.6 Å². The van der Waals surface area contributed by atoms with Gasteiger partial charge in [0.2, 0.25) is 15.0 Å². The Morgan fingerprint density at radius 3 is 2.30 bits per heavy atom. The summed E-state index contributed by atoms with van der Waals surface area (Å²) >= 11 is 0. The Morgan fingerprint density at radius 1 is 1.04 bits per heavy atom. The van der Waals surface area contributed by atoms with Crippen LogP contribution in [0.5, 0.6) is 11.5 Å². The van der Waals surface area contributed by atoms with Gasteiger partial charge in [0, 0.05) is 0 Å². The largest absolute Gasteiger partial charge is 0.493 e. The number of allylic oxidation sites excluding steroid dienone is 1. The normalized spacial score (nSPS) is 12.0. The lowest BCUT2D eigenvalue weighted by molar-refractivity contribution is 0.354. The highest BCUT2D eigenvalue weighted by Gasteiger charge is 2.20. The highest BCUT2D eigenvalue weighted by molar-refractivity contribution is 7.95. The summed E-state index contributed by atoms with van der Waals surface area (Å²) in [6.45, 7) is 0. The highest BCUT2D eigenvalue weighted by Crippen LogP contribution is 2.28. The van der Waals surface area contributed by atoms with E-state index in [-0.39, 0.29) is 11.3 Å². The summed E-state index contributed by atoms with van der Waals surface area (Å²) in [5.74, 6) is 1.06. The van der Waals surface area contributed by atoms with Crippen molar-refractivity contribution in [3.8, 4) is 11.5 Å². The average molecular weight is 336 g/mol. The first-order valence-corrected chi connectivity index (χ1v) is 8.34. The molecule has 0 heterocycles. The molecule has 2 aromatic rings. The Hall–Kier alpha value is -2.34. The van der Waals surface area contributed by atoms with Gasteiger partial charge in [0.25, 0.3) is 0 Å². The number of methoxy groups -OCH3 is 2. The van der Waals surface area contributed by atoms with E-state index in [1.54, 1.807) is 36.4 Å². The Bertz CT molecular complexity index is 799. The van der Waals surface area contributed by atoms with Crippen molar-refractivity contribution in [1.82, 2.24) is 0 Å². The molecule has 6 heteroatoms. The van der Waals surface area contributed by atoms with E-state index in [1.165, 1.54) is 26.4 Å². The van der Waals surface area contributed by atoms with E-state index in [0.29, 0.717) is 17.1 Å². The molecule has 0 atom stereocenters. The molecule has 0 radical (unpaired) electrons. The third kappa shape index (κ3) is 3.90. The topological polar surface area (TPSA) is 52.6 Å². The van der Waals surface area contributed by atoms with E-state index >= 15 is 0 Å². The first kappa shape index (κ1) is 17.0. The summed E-state index contributed by atoms with van der Waals surface area (Å²) in [4.78, 5) is -0.0685. The molecule has 0 saturated carbocycles. The molecule has 0 aliphatic carbocycles. The summed E-state index contributed by atoms with van der Waals surface area (Å²) in [6.07, 6.45) is 1.17. The van der Waals surface area contributed by atoms with E-state index < -0.39 is 15.0 Å². The molecule has 0 unspecified atom stereocenters. The van der Waals surface area contributed by atoms with E-state index in [9.17, 15) is 12.8 Å². The average Bonchev–Trinajstić information content (AvgIpc) is 2.59. The zero-order valence-corrected chi connectivity index (χ0v) is 13.6. The summed E-state index contributed by atoms with van der Waals surface area (Å²) in [5, 5.41) is -1.17. The fraction of sp³-hybridized carbons (Fsp3) is 0.176. The fourth-order valence-corrected chi connectivity index (χ4v) is 3.07. The molecule has 2 rings (SSSR count). The van der Waals surface area contributed by atoms with Crippen molar-refractivity contribution in [1.29, 1.82) is 0 Å². The molecule has 0 aliphatic heterocycles. The minimum absolute atomic E-state index is 0.0685. The van der Waals surface area contributed by atoms with Crippen molar-refractivity contribution in [2.24, 2.45) is 0 Å². The molecule has 2 aromatic carbocycles. The van der Waals surface area contributed by atoms with Crippen molar-refractivity contribution in [2.45, 2.75) is 11.3 Å². The Morgan fingerprint density at radius 2 is 1.70 bits per heavy atom. The number of hydrogen-bond acceptors (Lipinski definition) is 4. The third-order valence-corrected chi connectivity index (χ3v) is 4.83. The van der Waals surface area contributed by atoms with Gasteiger partial charge < -0.3 is 9.47 Å². The molecule has 0 N–H and O–H groups in total. The van der Waals surface area contributed by atoms with Gasteiger partial charge in [-0.3, -0.25) is 0 Å². The van der Waals surface area contributed by atoms with Crippen LogP contribution in [0.3, 0.4) is 0 Å². The van der Waals surface area contributed by atoms with E-state index in [2.05, 4.69) is 0 Å². The molecule has 0 saturated heterocycles. The minimum atomic E-state index is -4.10. The predicted molar refractivity (Wildman–Crippen MR) is 86.1 cm³/mol. The fourth-order valence-electron chi connectivity index (χ4n) is 2.03. The summed E-state index contributed by atoms with van der Waals surface area (Å²) < 4.78 is 48.6. The molecule has 0 amide bonds. The lowest BCUT2D eigenvalue weighted by Crippen LogP contribution is -2.01. The van der Waals surface area contributed by atoms with E-state index in [1.807, 2.05) is 0 Å². The second kappa shape index (κ2) is 7.28. The number of ether oxygens (including phenoxy) is 2. The van der Waals surface area contributed by atoms with Crippen molar-refractivity contribution < 1.29 is 22.3 Å². The molecule has 0 fully saturated rings. The number of benzene rings is 2. The van der Waals surface area contributed by atoms with Gasteiger partial charge in [-0.1, -0.05) is 24.3 Å². The maximum atomic E-state index is 14.1. The standard InChI is InChI=1S/C17H17FO4S/c1-21-15-10-8-13(12-16(15)22-2)9-11-17(18)23(19,20)14-6-4-3-5-7-14/h3-8,10-12H,9H2,1-2H3/b17-11-. The quantitative estimate of drug-likeness (QED) is 0.810. The van der Waals surface area contributed by atoms with Crippen molar-refractivity contribution in [2.75, 3.05) is 14.2 Å². The molecule has 23 heavy (non-hydrogen) atoms. The molecular weight excluding hydrogens is 319 g/mol. The number of rotatable bonds is 6. The van der Waals surface area contributed by atoms with Crippen LogP contribution in [0.1, 0.15) is 5.56 Å². The van der Waals surface area contributed by atoms with Crippen LogP contribution in [0.25, 0.3) is 0 Å². The van der Waals surface area contributed by atoms with Crippen LogP contribution in [-0.2, 0) is 16.3 Å². The highest BCUT2D eigenvalue weighted by atomic mass is 32.2. The van der Waals surface area contributed by atoms with Gasteiger partial charge in [-0.2, -0.15) is 4.39 Å². The molecule has 0 spiro atoms. The van der Waals surface area contributed by atoms with E-state index in [0.717, 1.165) is 6.08 Å². The van der Waals surface area contributed by atoms with Gasteiger partial charge >= 0.3 is 0 Å². The van der Waals surface area contributed by atoms with Crippen molar-refractivity contribution >= 4 is 9.84 Å². The second-order valence-electron chi connectivity index (χ2n) is 4.72. The predicted octanol–water partition coefficient (Wildman–Crippen LogP) is 3.53. The molecule has 4 nitrogen and oxygen atoms in total. The van der Waals surface area contributed by atoms with Crippen molar-refractivity contribution in [3.63, 3.8) is 0 Å². The lowest BCUT2D eigenvalue weighted by Gasteiger charge is -2.08. The first-order chi connectivity index (χ1) is 11.0. The molecular formula is C17H17FO4S. The number of sulfone groups is 1. The number of halogens is 1. The first-order valence-electron chi connectivity index (χ1n) is 6.85. The van der Waals surface area contributed by atoms with E-state index in [4.69, 9.17) is 9.47 Å². The monoisotopic (exact) mass is 336 g/mol. The smallest absolute Gasteiger partial charge is 0.232 e. The maximum Gasteiger partial charge on any atom is 0.232 e. The van der Waals surface area contributed by atoms with Crippen molar-refractivity contribution in [3.05, 3.63) is 65.3 Å². The lowest BCUT2D eigenvalue weighted by atomic mass is 10.1. The van der Waals surface area contributed by atoms with Gasteiger partial charge in [0.05, 0.1) is 19.1 Å². The summed E-state index contributed by atoms with van der Waals surface area (Å²) in [5.41, 5.74) is 0.709. The summed E-state index contributed by atoms with van der Waals surface area (Å²) in [7, 11) is -1.08. The number of hydrogen-bond donors (Lipinski definition) is 0. The summed E-state index contributed by atoms with van der Waals surface area (Å²) in [6, 6.07) is 12.6. The SMILES string of the molecule is COc1ccc(C/C=C(/F)S(=O)(=O)c2ccccc2)cc1OC. The van der Waals surface area contributed by atoms with Crippen LogP contribution in [0.15, 0.2) is 64.7 Å². The minimum Gasteiger partial charge on any atom is -0.493 e. The van der Waals surface area contributed by atoms with Crippen LogP contribution in [0, 0.1) is 0 Å². The Labute approximate surface area is 135 Å². The van der Waals surface area contributed by atoms with Gasteiger partial charge in [-0.25, -0.2) is 8.42 Å². The van der Waals surface area contributed by atoms with Crippen LogP contribution < -0.4 is 9.47 Å². The van der Waals surface area contributed by atoms with Gasteiger partial charge in [-0.15, -0.1) is 0 Å². The van der Waals surface area contributed by atoms with Gasteiger partial charge in [0.1, 0.15) is 0 Å². The zero-order valence-electron chi connectivity index (χ0n) is 12.8. The second-order valence-corrected chi connectivity index (χ2v) is 6.59. The third-order valence-electron chi connectivity index (χ3n) is 3.26. The molecule has 0 aromatic heterocycles. The van der Waals surface area contributed by atoms with Gasteiger partial charge in [0.15, 0.2) is 11.5 Å².